The maximum Gasteiger partial charge on any atom is 0.228 e. The van der Waals surface area contributed by atoms with Crippen molar-refractivity contribution in [2.45, 2.75) is 12.8 Å². The standard InChI is InChI=1S/C27H27FN4O2/c1-31-13-4-14-32(16-15-31)27-22-18-21(29-26(33)17-19-7-9-20(28)10-8-19)11-12-24(22)34-25-6-3-2-5-23(25)30-27/h2-3,5-12,18H,4,13-17H2,1H3,(H,29,33). The Balaban J connectivity index is 1.45. The number of benzene rings is 3. The van der Waals surface area contributed by atoms with E-state index < -0.39 is 0 Å². The van der Waals surface area contributed by atoms with E-state index in [0.717, 1.165) is 55.2 Å². The van der Waals surface area contributed by atoms with Crippen LogP contribution in [0.25, 0.3) is 0 Å². The molecule has 5 rings (SSSR count). The number of ether oxygens (including phenoxy) is 1. The lowest BCUT2D eigenvalue weighted by molar-refractivity contribution is -0.115. The monoisotopic (exact) mass is 458 g/mol. The van der Waals surface area contributed by atoms with Gasteiger partial charge in [-0.1, -0.05) is 24.3 Å². The summed E-state index contributed by atoms with van der Waals surface area (Å²) in [6.45, 7) is 3.75. The Bertz CT molecular complexity index is 1230. The number of hydrogen-bond donors (Lipinski definition) is 1. The summed E-state index contributed by atoms with van der Waals surface area (Å²) in [6.07, 6.45) is 1.21. The van der Waals surface area contributed by atoms with Crippen molar-refractivity contribution >= 4 is 23.1 Å². The largest absolute Gasteiger partial charge is 0.454 e. The van der Waals surface area contributed by atoms with Gasteiger partial charge in [0.25, 0.3) is 0 Å². The van der Waals surface area contributed by atoms with Crippen molar-refractivity contribution in [2.24, 2.45) is 4.99 Å². The molecule has 1 saturated heterocycles. The molecule has 1 N–H and O–H groups in total. The molecule has 6 nitrogen and oxygen atoms in total. The summed E-state index contributed by atoms with van der Waals surface area (Å²) in [6, 6.07) is 19.4. The van der Waals surface area contributed by atoms with Gasteiger partial charge >= 0.3 is 0 Å². The van der Waals surface area contributed by atoms with Crippen molar-refractivity contribution in [1.29, 1.82) is 0 Å². The van der Waals surface area contributed by atoms with Gasteiger partial charge in [0.1, 0.15) is 23.1 Å². The summed E-state index contributed by atoms with van der Waals surface area (Å²) in [5.74, 6) is 1.78. The Hall–Kier alpha value is -3.71. The van der Waals surface area contributed by atoms with E-state index in [0.29, 0.717) is 17.2 Å². The fourth-order valence-corrected chi connectivity index (χ4v) is 4.29. The molecule has 0 unspecified atom stereocenters. The topological polar surface area (TPSA) is 57.2 Å². The molecule has 0 atom stereocenters. The van der Waals surface area contributed by atoms with Crippen LogP contribution in [0.2, 0.25) is 0 Å². The van der Waals surface area contributed by atoms with Gasteiger partial charge in [0.05, 0.1) is 12.0 Å². The van der Waals surface area contributed by atoms with Gasteiger partial charge in [-0.25, -0.2) is 9.38 Å². The first kappa shape index (κ1) is 22.1. The first-order valence-corrected chi connectivity index (χ1v) is 11.5. The number of fused-ring (bicyclic) bond motifs is 2. The minimum Gasteiger partial charge on any atom is -0.454 e. The molecule has 3 aromatic rings. The van der Waals surface area contributed by atoms with Crippen LogP contribution >= 0.6 is 0 Å². The number of para-hydroxylation sites is 2. The van der Waals surface area contributed by atoms with Gasteiger partial charge in [-0.3, -0.25) is 4.79 Å². The number of anilines is 1. The summed E-state index contributed by atoms with van der Waals surface area (Å²) in [4.78, 5) is 22.3. The van der Waals surface area contributed by atoms with E-state index in [1.54, 1.807) is 12.1 Å². The highest BCUT2D eigenvalue weighted by Crippen LogP contribution is 2.39. The number of halogens is 1. The highest BCUT2D eigenvalue weighted by atomic mass is 19.1. The van der Waals surface area contributed by atoms with Crippen molar-refractivity contribution in [3.05, 3.63) is 83.7 Å². The zero-order valence-corrected chi connectivity index (χ0v) is 19.1. The Morgan fingerprint density at radius 2 is 1.82 bits per heavy atom. The van der Waals surface area contributed by atoms with E-state index >= 15 is 0 Å². The molecule has 174 valence electrons. The third-order valence-corrected chi connectivity index (χ3v) is 6.11. The second-order valence-electron chi connectivity index (χ2n) is 8.71. The van der Waals surface area contributed by atoms with Gasteiger partial charge in [0.2, 0.25) is 5.91 Å². The molecular weight excluding hydrogens is 431 g/mol. The number of amides is 1. The molecule has 0 bridgehead atoms. The number of carbonyl (C=O) groups is 1. The molecule has 0 spiro atoms. The van der Waals surface area contributed by atoms with Crippen LogP contribution in [0.4, 0.5) is 15.8 Å². The number of hydrogen-bond acceptors (Lipinski definition) is 5. The van der Waals surface area contributed by atoms with E-state index in [4.69, 9.17) is 9.73 Å². The lowest BCUT2D eigenvalue weighted by atomic mass is 10.1. The predicted octanol–water partition coefficient (Wildman–Crippen LogP) is 4.83. The molecule has 1 amide bonds. The van der Waals surface area contributed by atoms with Crippen LogP contribution in [-0.4, -0.2) is 54.8 Å². The summed E-state index contributed by atoms with van der Waals surface area (Å²) >= 11 is 0. The van der Waals surface area contributed by atoms with Crippen LogP contribution in [0, 0.1) is 5.82 Å². The predicted molar refractivity (Wildman–Crippen MR) is 132 cm³/mol. The number of carbonyl (C=O) groups excluding carboxylic acids is 1. The minimum atomic E-state index is -0.317. The summed E-state index contributed by atoms with van der Waals surface area (Å²) < 4.78 is 19.4. The SMILES string of the molecule is CN1CCCN(C2=Nc3ccccc3Oc3ccc(NC(=O)Cc4ccc(F)cc4)cc32)CC1. The van der Waals surface area contributed by atoms with E-state index in [9.17, 15) is 9.18 Å². The molecule has 7 heteroatoms. The average molecular weight is 459 g/mol. The minimum absolute atomic E-state index is 0.165. The Labute approximate surface area is 198 Å². The van der Waals surface area contributed by atoms with Gasteiger partial charge in [-0.15, -0.1) is 0 Å². The van der Waals surface area contributed by atoms with Crippen molar-refractivity contribution in [2.75, 3.05) is 38.5 Å². The molecule has 2 aliphatic heterocycles. The van der Waals surface area contributed by atoms with Gasteiger partial charge < -0.3 is 19.9 Å². The number of nitrogens with one attached hydrogen (secondary N) is 1. The lowest BCUT2D eigenvalue weighted by Crippen LogP contribution is -2.35. The smallest absolute Gasteiger partial charge is 0.228 e. The van der Waals surface area contributed by atoms with Crippen LogP contribution in [0.3, 0.4) is 0 Å². The zero-order valence-electron chi connectivity index (χ0n) is 19.1. The van der Waals surface area contributed by atoms with Crippen LogP contribution in [0.15, 0.2) is 71.7 Å². The highest BCUT2D eigenvalue weighted by Gasteiger charge is 2.25. The Morgan fingerprint density at radius 3 is 2.68 bits per heavy atom. The fourth-order valence-electron chi connectivity index (χ4n) is 4.29. The maximum atomic E-state index is 13.2. The summed E-state index contributed by atoms with van der Waals surface area (Å²) in [5, 5.41) is 2.97. The van der Waals surface area contributed by atoms with Gasteiger partial charge in [0.15, 0.2) is 5.75 Å². The third-order valence-electron chi connectivity index (χ3n) is 6.11. The van der Waals surface area contributed by atoms with E-state index in [2.05, 4.69) is 22.2 Å². The molecule has 2 aliphatic rings. The van der Waals surface area contributed by atoms with Crippen LogP contribution < -0.4 is 10.1 Å². The first-order valence-electron chi connectivity index (χ1n) is 11.5. The number of rotatable bonds is 3. The normalized spacial score (nSPS) is 15.8. The zero-order chi connectivity index (χ0) is 23.5. The molecule has 34 heavy (non-hydrogen) atoms. The summed E-state index contributed by atoms with van der Waals surface area (Å²) in [7, 11) is 2.14. The lowest BCUT2D eigenvalue weighted by Gasteiger charge is -2.25. The molecule has 0 radical (unpaired) electrons. The number of likely N-dealkylation sites (N-methyl/N-ethyl adjacent to an activating group) is 1. The molecule has 0 aliphatic carbocycles. The van der Waals surface area contributed by atoms with Crippen LogP contribution in [-0.2, 0) is 11.2 Å². The second kappa shape index (κ2) is 9.65. The van der Waals surface area contributed by atoms with Gasteiger partial charge in [-0.2, -0.15) is 0 Å². The molecule has 2 heterocycles. The number of aliphatic imine (C=N–C) groups is 1. The second-order valence-corrected chi connectivity index (χ2v) is 8.71. The third kappa shape index (κ3) is 4.94. The van der Waals surface area contributed by atoms with Crippen molar-refractivity contribution in [3.63, 3.8) is 0 Å². The van der Waals surface area contributed by atoms with Crippen molar-refractivity contribution in [3.8, 4) is 11.5 Å². The maximum absolute atomic E-state index is 13.2. The van der Waals surface area contributed by atoms with Gasteiger partial charge in [-0.05, 0) is 68.0 Å². The van der Waals surface area contributed by atoms with Crippen LogP contribution in [0.1, 0.15) is 17.5 Å². The summed E-state index contributed by atoms with van der Waals surface area (Å²) in [5.41, 5.74) is 3.05. The molecule has 0 saturated carbocycles. The molecule has 0 aromatic heterocycles. The molecular formula is C27H27FN4O2. The first-order chi connectivity index (χ1) is 16.5. The number of amidine groups is 1. The average Bonchev–Trinajstić information content (AvgIpc) is 3.14. The molecule has 3 aromatic carbocycles. The quantitative estimate of drug-likeness (QED) is 0.611. The molecule has 1 fully saturated rings. The van der Waals surface area contributed by atoms with Crippen molar-refractivity contribution < 1.29 is 13.9 Å². The van der Waals surface area contributed by atoms with E-state index in [1.165, 1.54) is 12.1 Å². The highest BCUT2D eigenvalue weighted by molar-refractivity contribution is 6.05. The fraction of sp³-hybridized carbons (Fsp3) is 0.259. The Kier molecular flexibility index (Phi) is 6.27. The van der Waals surface area contributed by atoms with Crippen molar-refractivity contribution in [1.82, 2.24) is 9.80 Å². The van der Waals surface area contributed by atoms with E-state index in [1.807, 2.05) is 42.5 Å². The number of nitrogens with zero attached hydrogens (tertiary/aromatic N) is 3. The van der Waals surface area contributed by atoms with Crippen LogP contribution in [0.5, 0.6) is 11.5 Å². The van der Waals surface area contributed by atoms with Gasteiger partial charge in [0, 0.05) is 25.3 Å². The van der Waals surface area contributed by atoms with E-state index in [-0.39, 0.29) is 18.1 Å². The Morgan fingerprint density at radius 1 is 1.00 bits per heavy atom.